The van der Waals surface area contributed by atoms with E-state index in [-0.39, 0.29) is 17.9 Å². The summed E-state index contributed by atoms with van der Waals surface area (Å²) in [6, 6.07) is 19.3. The number of amides is 1. The van der Waals surface area contributed by atoms with Crippen molar-refractivity contribution in [3.63, 3.8) is 0 Å². The third kappa shape index (κ3) is 3.54. The number of ketones is 1. The number of benzene rings is 2. The van der Waals surface area contributed by atoms with Gasteiger partial charge in [-0.1, -0.05) is 40.2 Å². The molecule has 0 bridgehead atoms. The second kappa shape index (κ2) is 8.25. The van der Waals surface area contributed by atoms with Crippen LogP contribution in [0, 0.1) is 0 Å². The number of furan rings is 1. The number of carbonyl (C=O) groups excluding carboxylic acids is 2. The Morgan fingerprint density at radius 2 is 1.94 bits per heavy atom. The van der Waals surface area contributed by atoms with Crippen LogP contribution in [0.3, 0.4) is 0 Å². The number of aromatic amines is 1. The maximum Gasteiger partial charge on any atom is 0.290 e. The van der Waals surface area contributed by atoms with Gasteiger partial charge >= 0.3 is 0 Å². The predicted octanol–water partition coefficient (Wildman–Crippen LogP) is 5.85. The van der Waals surface area contributed by atoms with Gasteiger partial charge in [0.25, 0.3) is 5.91 Å². The van der Waals surface area contributed by atoms with Gasteiger partial charge in [0.2, 0.25) is 5.78 Å². The van der Waals surface area contributed by atoms with E-state index in [1.807, 2.05) is 42.5 Å². The number of hydrogen-bond acceptors (Lipinski definition) is 5. The van der Waals surface area contributed by atoms with E-state index in [0.717, 1.165) is 20.8 Å². The molecule has 1 amide bonds. The van der Waals surface area contributed by atoms with E-state index in [1.54, 1.807) is 36.7 Å². The monoisotopic (exact) mass is 527 g/mol. The van der Waals surface area contributed by atoms with Crippen LogP contribution in [0.25, 0.3) is 21.9 Å². The van der Waals surface area contributed by atoms with Gasteiger partial charge in [-0.2, -0.15) is 0 Å². The number of aliphatic hydroxyl groups is 1. The molecule has 4 heterocycles. The number of H-pyrrole nitrogens is 1. The highest BCUT2D eigenvalue weighted by molar-refractivity contribution is 9.10. The average Bonchev–Trinajstić information content (AvgIpc) is 3.55. The van der Waals surface area contributed by atoms with Crippen molar-refractivity contribution in [2.75, 3.05) is 0 Å². The van der Waals surface area contributed by atoms with E-state index in [4.69, 9.17) is 4.42 Å². The molecule has 172 valence electrons. The molecule has 1 atom stereocenters. The van der Waals surface area contributed by atoms with Crippen LogP contribution in [0.15, 0.2) is 99.3 Å². The highest BCUT2D eigenvalue weighted by atomic mass is 79.9. The van der Waals surface area contributed by atoms with Crippen LogP contribution in [-0.4, -0.2) is 31.7 Å². The van der Waals surface area contributed by atoms with Crippen LogP contribution >= 0.6 is 15.9 Å². The number of carbonyl (C=O) groups is 2. The SMILES string of the molecule is O=C(C1=C(O)C(=O)N(Cc2ccccn2)C1c1c[nH]c2ccccc12)c1cc2cc(Br)ccc2o1. The molecule has 0 saturated heterocycles. The summed E-state index contributed by atoms with van der Waals surface area (Å²) in [6.45, 7) is 0.123. The fourth-order valence-corrected chi connectivity index (χ4v) is 5.00. The van der Waals surface area contributed by atoms with Crippen LogP contribution in [0.4, 0.5) is 0 Å². The number of Topliss-reactive ketones (excluding diaryl/α,β-unsaturated/α-hetero) is 1. The van der Waals surface area contributed by atoms with E-state index in [0.29, 0.717) is 16.8 Å². The summed E-state index contributed by atoms with van der Waals surface area (Å²) >= 11 is 3.42. The number of aliphatic hydroxyl groups excluding tert-OH is 1. The van der Waals surface area contributed by atoms with Gasteiger partial charge in [0.15, 0.2) is 11.5 Å². The maximum atomic E-state index is 13.8. The lowest BCUT2D eigenvalue weighted by Gasteiger charge is -2.26. The van der Waals surface area contributed by atoms with Gasteiger partial charge in [0.05, 0.1) is 23.9 Å². The number of para-hydroxylation sites is 1. The number of hydrogen-bond donors (Lipinski definition) is 2. The molecule has 0 fully saturated rings. The molecule has 1 unspecified atom stereocenters. The lowest BCUT2D eigenvalue weighted by Crippen LogP contribution is -2.31. The Balaban J connectivity index is 1.50. The molecular formula is C27H18BrN3O4. The van der Waals surface area contributed by atoms with Crippen LogP contribution in [0.2, 0.25) is 0 Å². The van der Waals surface area contributed by atoms with Gasteiger partial charge in [0, 0.05) is 38.7 Å². The summed E-state index contributed by atoms with van der Waals surface area (Å²) < 4.78 is 6.67. The van der Waals surface area contributed by atoms with E-state index < -0.39 is 23.5 Å². The van der Waals surface area contributed by atoms with Crippen molar-refractivity contribution in [3.05, 3.63) is 112 Å². The van der Waals surface area contributed by atoms with Crippen LogP contribution in [0.1, 0.15) is 27.9 Å². The normalized spacial score (nSPS) is 16.1. The Kier molecular flexibility index (Phi) is 5.04. The van der Waals surface area contributed by atoms with Crippen molar-refractivity contribution < 1.29 is 19.1 Å². The Morgan fingerprint density at radius 3 is 2.77 bits per heavy atom. The highest BCUT2D eigenvalue weighted by Crippen LogP contribution is 2.42. The Hall–Kier alpha value is -4.17. The van der Waals surface area contributed by atoms with Gasteiger partial charge in [0.1, 0.15) is 5.58 Å². The number of fused-ring (bicyclic) bond motifs is 2. The Morgan fingerprint density at radius 1 is 1.11 bits per heavy atom. The molecule has 2 aromatic carbocycles. The Bertz CT molecular complexity index is 1650. The molecule has 3 aromatic heterocycles. The maximum absolute atomic E-state index is 13.8. The van der Waals surface area contributed by atoms with Gasteiger partial charge in [-0.25, -0.2) is 0 Å². The molecule has 0 radical (unpaired) electrons. The van der Waals surface area contributed by atoms with Gasteiger partial charge in [-0.3, -0.25) is 14.6 Å². The lowest BCUT2D eigenvalue weighted by molar-refractivity contribution is -0.130. The summed E-state index contributed by atoms with van der Waals surface area (Å²) in [5.74, 6) is -1.70. The van der Waals surface area contributed by atoms with E-state index >= 15 is 0 Å². The Labute approximate surface area is 207 Å². The van der Waals surface area contributed by atoms with Crippen molar-refractivity contribution in [2.45, 2.75) is 12.6 Å². The fraction of sp³-hybridized carbons (Fsp3) is 0.0741. The first-order valence-electron chi connectivity index (χ1n) is 10.9. The summed E-state index contributed by atoms with van der Waals surface area (Å²) in [5.41, 5.74) is 2.72. The van der Waals surface area contributed by atoms with Crippen LogP contribution in [0.5, 0.6) is 0 Å². The lowest BCUT2D eigenvalue weighted by atomic mass is 9.94. The van der Waals surface area contributed by atoms with Crippen LogP contribution < -0.4 is 0 Å². The topological polar surface area (TPSA) is 99.4 Å². The van der Waals surface area contributed by atoms with Gasteiger partial charge in [-0.05, 0) is 42.5 Å². The third-order valence-corrected chi connectivity index (χ3v) is 6.72. The summed E-state index contributed by atoms with van der Waals surface area (Å²) in [6.07, 6.45) is 3.41. The third-order valence-electron chi connectivity index (χ3n) is 6.22. The smallest absolute Gasteiger partial charge is 0.290 e. The molecular weight excluding hydrogens is 510 g/mol. The van der Waals surface area contributed by atoms with Gasteiger partial charge < -0.3 is 19.4 Å². The number of aromatic nitrogens is 2. The summed E-state index contributed by atoms with van der Waals surface area (Å²) in [7, 11) is 0. The van der Waals surface area contributed by atoms with Crippen LogP contribution in [-0.2, 0) is 11.3 Å². The van der Waals surface area contributed by atoms with Crippen molar-refractivity contribution >= 4 is 49.5 Å². The predicted molar refractivity (Wildman–Crippen MR) is 134 cm³/mol. The molecule has 0 aliphatic carbocycles. The zero-order chi connectivity index (χ0) is 24.1. The van der Waals surface area contributed by atoms with Crippen molar-refractivity contribution in [3.8, 4) is 0 Å². The minimum atomic E-state index is -0.826. The van der Waals surface area contributed by atoms with E-state index in [1.165, 1.54) is 4.90 Å². The molecule has 7 nitrogen and oxygen atoms in total. The minimum Gasteiger partial charge on any atom is -0.503 e. The molecule has 0 saturated carbocycles. The molecule has 8 heteroatoms. The quantitative estimate of drug-likeness (QED) is 0.279. The van der Waals surface area contributed by atoms with Crippen molar-refractivity contribution in [1.82, 2.24) is 14.9 Å². The zero-order valence-electron chi connectivity index (χ0n) is 18.2. The number of nitrogens with zero attached hydrogens (tertiary/aromatic N) is 2. The molecule has 35 heavy (non-hydrogen) atoms. The molecule has 0 spiro atoms. The molecule has 2 N–H and O–H groups in total. The fourth-order valence-electron chi connectivity index (χ4n) is 4.62. The molecule has 1 aliphatic rings. The largest absolute Gasteiger partial charge is 0.503 e. The first-order valence-corrected chi connectivity index (χ1v) is 11.7. The van der Waals surface area contributed by atoms with E-state index in [2.05, 4.69) is 25.9 Å². The van der Waals surface area contributed by atoms with E-state index in [9.17, 15) is 14.7 Å². The van der Waals surface area contributed by atoms with Gasteiger partial charge in [-0.15, -0.1) is 0 Å². The number of halogens is 1. The standard InChI is InChI=1S/C27H18BrN3O4/c28-16-8-9-21-15(11-16)12-22(35-21)25(32)23-24(19-13-30-20-7-2-1-6-18(19)20)31(27(34)26(23)33)14-17-5-3-4-10-29-17/h1-13,24,30,33H,14H2. The number of rotatable bonds is 5. The molecule has 5 aromatic rings. The average molecular weight is 528 g/mol. The molecule has 1 aliphatic heterocycles. The molecule has 6 rings (SSSR count). The zero-order valence-corrected chi connectivity index (χ0v) is 19.8. The second-order valence-corrected chi connectivity index (χ2v) is 9.25. The number of nitrogens with one attached hydrogen (secondary N) is 1. The minimum absolute atomic E-state index is 0.0196. The first kappa shape index (κ1) is 21.4. The first-order chi connectivity index (χ1) is 17.0. The second-order valence-electron chi connectivity index (χ2n) is 8.33. The van der Waals surface area contributed by atoms with Crippen molar-refractivity contribution in [1.29, 1.82) is 0 Å². The van der Waals surface area contributed by atoms with Crippen molar-refractivity contribution in [2.24, 2.45) is 0 Å². The highest BCUT2D eigenvalue weighted by Gasteiger charge is 2.45. The summed E-state index contributed by atoms with van der Waals surface area (Å²) in [5, 5.41) is 12.6. The number of pyridine rings is 1. The summed E-state index contributed by atoms with van der Waals surface area (Å²) in [4.78, 5) is 36.1.